The first-order chi connectivity index (χ1) is 15.2. The Balaban J connectivity index is 1.95. The van der Waals surface area contributed by atoms with Gasteiger partial charge in [-0.25, -0.2) is 4.79 Å². The average Bonchev–Trinajstić information content (AvgIpc) is 2.76. The second kappa shape index (κ2) is 12.6. The zero-order valence-corrected chi connectivity index (χ0v) is 19.7. The molecule has 1 saturated carbocycles. The highest BCUT2D eigenvalue weighted by molar-refractivity contribution is 5.86. The van der Waals surface area contributed by atoms with Crippen LogP contribution < -0.4 is 10.6 Å². The fraction of sp³-hybridized carbons (Fsp3) is 0.826. The van der Waals surface area contributed by atoms with E-state index in [0.29, 0.717) is 38.6 Å². The van der Waals surface area contributed by atoms with Crippen LogP contribution in [0.2, 0.25) is 0 Å². The number of nitriles is 1. The van der Waals surface area contributed by atoms with Crippen molar-refractivity contribution in [2.45, 2.75) is 77.4 Å². The van der Waals surface area contributed by atoms with Crippen LogP contribution in [-0.4, -0.2) is 67.3 Å². The zero-order chi connectivity index (χ0) is 23.6. The number of ether oxygens (including phenoxy) is 2. The highest BCUT2D eigenvalue weighted by atomic mass is 16.6. The van der Waals surface area contributed by atoms with Crippen molar-refractivity contribution >= 4 is 17.9 Å². The molecule has 1 heterocycles. The molecule has 0 spiro atoms. The first kappa shape index (κ1) is 25.9. The van der Waals surface area contributed by atoms with E-state index in [2.05, 4.69) is 10.6 Å². The molecule has 0 bridgehead atoms. The maximum absolute atomic E-state index is 13.1. The third-order valence-corrected chi connectivity index (χ3v) is 5.82. The Bertz CT molecular complexity index is 673. The fourth-order valence-corrected chi connectivity index (χ4v) is 4.18. The topological polar surface area (TPSA) is 121 Å². The maximum atomic E-state index is 13.1. The summed E-state index contributed by atoms with van der Waals surface area (Å²) in [7, 11) is 0. The van der Waals surface area contributed by atoms with E-state index in [1.54, 1.807) is 25.7 Å². The zero-order valence-electron chi connectivity index (χ0n) is 19.7. The Morgan fingerprint density at radius 2 is 1.81 bits per heavy atom. The summed E-state index contributed by atoms with van der Waals surface area (Å²) in [5, 5.41) is 14.7. The molecule has 2 N–H and O–H groups in total. The van der Waals surface area contributed by atoms with Gasteiger partial charge in [0.05, 0.1) is 25.8 Å². The van der Waals surface area contributed by atoms with E-state index in [9.17, 15) is 19.6 Å². The van der Waals surface area contributed by atoms with Gasteiger partial charge in [-0.2, -0.15) is 5.26 Å². The van der Waals surface area contributed by atoms with Crippen LogP contribution in [0.15, 0.2) is 0 Å². The molecule has 0 aromatic heterocycles. The number of nitrogens with zero attached hydrogens (tertiary/aromatic N) is 2. The normalized spacial score (nSPS) is 19.4. The molecule has 3 amide bonds. The van der Waals surface area contributed by atoms with Crippen LogP contribution >= 0.6 is 0 Å². The molecular formula is C23H38N4O5. The molecule has 2 unspecified atom stereocenters. The molecule has 1 aliphatic heterocycles. The van der Waals surface area contributed by atoms with Crippen LogP contribution in [0, 0.1) is 23.2 Å². The standard InChI is InChI=1S/C23H38N4O5/c1-23(2,3)32-22(30)25-16-19(15-24)26-21(29)18(13-17-7-5-4-6-8-17)14-20(28)27-9-11-31-12-10-27/h17-19H,4-14,16H2,1-3H3,(H,25,30)(H,26,29). The minimum absolute atomic E-state index is 0.0513. The van der Waals surface area contributed by atoms with Gasteiger partial charge in [0.15, 0.2) is 0 Å². The van der Waals surface area contributed by atoms with Crippen molar-refractivity contribution in [3.8, 4) is 6.07 Å². The average molecular weight is 451 g/mol. The smallest absolute Gasteiger partial charge is 0.407 e. The lowest BCUT2D eigenvalue weighted by atomic mass is 9.81. The van der Waals surface area contributed by atoms with Gasteiger partial charge in [-0.15, -0.1) is 0 Å². The number of hydrogen-bond acceptors (Lipinski definition) is 6. The van der Waals surface area contributed by atoms with Gasteiger partial charge in [0.25, 0.3) is 0 Å². The predicted molar refractivity (Wildman–Crippen MR) is 118 cm³/mol. The minimum atomic E-state index is -0.901. The molecule has 9 heteroatoms. The van der Waals surface area contributed by atoms with Crippen molar-refractivity contribution in [2.24, 2.45) is 11.8 Å². The van der Waals surface area contributed by atoms with E-state index in [4.69, 9.17) is 9.47 Å². The monoisotopic (exact) mass is 450 g/mol. The Morgan fingerprint density at radius 1 is 1.16 bits per heavy atom. The van der Waals surface area contributed by atoms with Crippen LogP contribution in [0.4, 0.5) is 4.79 Å². The summed E-state index contributed by atoms with van der Waals surface area (Å²) in [5.41, 5.74) is -0.652. The van der Waals surface area contributed by atoms with Gasteiger partial charge in [0.1, 0.15) is 11.6 Å². The van der Waals surface area contributed by atoms with Crippen molar-refractivity contribution in [1.82, 2.24) is 15.5 Å². The van der Waals surface area contributed by atoms with Crippen molar-refractivity contribution in [1.29, 1.82) is 5.26 Å². The molecule has 9 nitrogen and oxygen atoms in total. The summed E-state index contributed by atoms with van der Waals surface area (Å²) in [6.45, 7) is 7.28. The summed E-state index contributed by atoms with van der Waals surface area (Å²) >= 11 is 0. The highest BCUT2D eigenvalue weighted by Gasteiger charge is 2.30. The summed E-state index contributed by atoms with van der Waals surface area (Å²) in [6, 6.07) is 1.11. The molecule has 2 aliphatic rings. The van der Waals surface area contributed by atoms with Crippen molar-refractivity contribution in [3.05, 3.63) is 0 Å². The molecule has 2 rings (SSSR count). The molecule has 1 aliphatic carbocycles. The Kier molecular flexibility index (Phi) is 10.2. The largest absolute Gasteiger partial charge is 0.444 e. The second-order valence-electron chi connectivity index (χ2n) is 9.71. The van der Waals surface area contributed by atoms with Crippen molar-refractivity contribution < 1.29 is 23.9 Å². The van der Waals surface area contributed by atoms with Crippen LogP contribution in [0.25, 0.3) is 0 Å². The predicted octanol–water partition coefficient (Wildman–Crippen LogP) is 2.35. The lowest BCUT2D eigenvalue weighted by Crippen LogP contribution is -2.47. The number of alkyl carbamates (subject to hydrolysis) is 1. The number of rotatable bonds is 8. The maximum Gasteiger partial charge on any atom is 0.407 e. The van der Waals surface area contributed by atoms with E-state index >= 15 is 0 Å². The number of amides is 3. The van der Waals surface area contributed by atoms with E-state index < -0.39 is 23.7 Å². The van der Waals surface area contributed by atoms with E-state index in [0.717, 1.165) is 25.7 Å². The molecular weight excluding hydrogens is 412 g/mol. The molecule has 0 aromatic carbocycles. The van der Waals surface area contributed by atoms with Gasteiger partial charge in [-0.3, -0.25) is 9.59 Å². The Labute approximate surface area is 191 Å². The molecule has 32 heavy (non-hydrogen) atoms. The molecule has 1 saturated heterocycles. The number of hydrogen-bond donors (Lipinski definition) is 2. The molecule has 2 atom stereocenters. The Morgan fingerprint density at radius 3 is 2.41 bits per heavy atom. The first-order valence-electron chi connectivity index (χ1n) is 11.7. The van der Waals surface area contributed by atoms with Crippen LogP contribution in [0.1, 0.15) is 65.7 Å². The molecule has 180 valence electrons. The van der Waals surface area contributed by atoms with E-state index in [1.165, 1.54) is 6.42 Å². The third-order valence-electron chi connectivity index (χ3n) is 5.82. The lowest BCUT2D eigenvalue weighted by Gasteiger charge is -2.30. The van der Waals surface area contributed by atoms with E-state index in [1.807, 2.05) is 6.07 Å². The lowest BCUT2D eigenvalue weighted by molar-refractivity contribution is -0.140. The van der Waals surface area contributed by atoms with E-state index in [-0.39, 0.29) is 24.8 Å². The van der Waals surface area contributed by atoms with Crippen LogP contribution in [0.3, 0.4) is 0 Å². The summed E-state index contributed by atoms with van der Waals surface area (Å²) < 4.78 is 10.5. The van der Waals surface area contributed by atoms with Crippen molar-refractivity contribution in [2.75, 3.05) is 32.8 Å². The van der Waals surface area contributed by atoms with Crippen molar-refractivity contribution in [3.63, 3.8) is 0 Å². The van der Waals surface area contributed by atoms with Gasteiger partial charge < -0.3 is 25.0 Å². The summed E-state index contributed by atoms with van der Waals surface area (Å²) in [4.78, 5) is 39.5. The highest BCUT2D eigenvalue weighted by Crippen LogP contribution is 2.30. The van der Waals surface area contributed by atoms with Crippen LogP contribution in [0.5, 0.6) is 0 Å². The third kappa shape index (κ3) is 9.43. The quantitative estimate of drug-likeness (QED) is 0.586. The number of carbonyl (C=O) groups is 3. The van der Waals surface area contributed by atoms with Gasteiger partial charge >= 0.3 is 6.09 Å². The second-order valence-corrected chi connectivity index (χ2v) is 9.71. The molecule has 0 aromatic rings. The van der Waals surface area contributed by atoms with Gasteiger partial charge in [-0.05, 0) is 33.1 Å². The summed E-state index contributed by atoms with van der Waals surface area (Å²) in [5.74, 6) is -0.442. The number of carbonyl (C=O) groups excluding carboxylic acids is 3. The molecule has 2 fully saturated rings. The molecule has 0 radical (unpaired) electrons. The first-order valence-corrected chi connectivity index (χ1v) is 11.7. The van der Waals surface area contributed by atoms with Gasteiger partial charge in [0, 0.05) is 25.4 Å². The summed E-state index contributed by atoms with van der Waals surface area (Å²) in [6.07, 6.45) is 5.77. The SMILES string of the molecule is CC(C)(C)OC(=O)NCC(C#N)NC(=O)C(CC(=O)N1CCOCC1)CC1CCCCC1. The number of nitrogens with one attached hydrogen (secondary N) is 2. The minimum Gasteiger partial charge on any atom is -0.444 e. The van der Waals surface area contributed by atoms with Gasteiger partial charge in [-0.1, -0.05) is 32.1 Å². The number of morpholine rings is 1. The van der Waals surface area contributed by atoms with Crippen LogP contribution in [-0.2, 0) is 19.1 Å². The Hall–Kier alpha value is -2.34. The van der Waals surface area contributed by atoms with Gasteiger partial charge in [0.2, 0.25) is 11.8 Å². The fourth-order valence-electron chi connectivity index (χ4n) is 4.18.